The lowest BCUT2D eigenvalue weighted by Gasteiger charge is -2.21. The summed E-state index contributed by atoms with van der Waals surface area (Å²) in [6.07, 6.45) is -0.139. The highest BCUT2D eigenvalue weighted by atomic mass is 19.4. The van der Waals surface area contributed by atoms with Crippen molar-refractivity contribution in [2.75, 3.05) is 13.2 Å². The van der Waals surface area contributed by atoms with Crippen molar-refractivity contribution >= 4 is 5.97 Å². The first-order valence-corrected chi connectivity index (χ1v) is 8.38. The molecular formula is C16H20F3N5O3. The molecule has 148 valence electrons. The second-order valence-corrected chi connectivity index (χ2v) is 6.42. The Morgan fingerprint density at radius 2 is 2.15 bits per heavy atom. The van der Waals surface area contributed by atoms with E-state index in [1.165, 1.54) is 11.3 Å². The Morgan fingerprint density at radius 1 is 1.41 bits per heavy atom. The molecule has 0 amide bonds. The quantitative estimate of drug-likeness (QED) is 0.857. The van der Waals surface area contributed by atoms with Gasteiger partial charge in [0.2, 0.25) is 0 Å². The Bertz CT molecular complexity index is 782. The minimum Gasteiger partial charge on any atom is -0.475 e. The molecule has 2 aliphatic heterocycles. The van der Waals surface area contributed by atoms with E-state index in [4.69, 9.17) is 14.6 Å². The van der Waals surface area contributed by atoms with E-state index < -0.39 is 12.1 Å². The molecule has 1 fully saturated rings. The first kappa shape index (κ1) is 19.4. The molecule has 1 N–H and O–H groups in total. The summed E-state index contributed by atoms with van der Waals surface area (Å²) < 4.78 is 41.2. The number of rotatable bonds is 3. The second kappa shape index (κ2) is 7.69. The summed E-state index contributed by atoms with van der Waals surface area (Å²) in [5.41, 5.74) is 3.88. The van der Waals surface area contributed by atoms with Crippen molar-refractivity contribution in [2.45, 2.75) is 38.3 Å². The number of hydrogen-bond acceptors (Lipinski definition) is 5. The van der Waals surface area contributed by atoms with Crippen LogP contribution >= 0.6 is 0 Å². The zero-order valence-electron chi connectivity index (χ0n) is 14.7. The van der Waals surface area contributed by atoms with Crippen LogP contribution in [0.4, 0.5) is 13.2 Å². The van der Waals surface area contributed by atoms with Crippen molar-refractivity contribution in [3.8, 4) is 0 Å². The molecule has 0 saturated carbocycles. The van der Waals surface area contributed by atoms with Gasteiger partial charge in [0, 0.05) is 50.7 Å². The van der Waals surface area contributed by atoms with Gasteiger partial charge in [-0.25, -0.2) is 4.79 Å². The molecule has 1 saturated heterocycles. The topological polar surface area (TPSA) is 85.4 Å². The lowest BCUT2D eigenvalue weighted by Crippen LogP contribution is -2.31. The molecule has 0 bridgehead atoms. The molecule has 1 atom stereocenters. The summed E-state index contributed by atoms with van der Waals surface area (Å²) in [4.78, 5) is 11.4. The van der Waals surface area contributed by atoms with Gasteiger partial charge in [-0.05, 0) is 12.5 Å². The number of aryl methyl sites for hydroxylation is 1. The van der Waals surface area contributed by atoms with Gasteiger partial charge in [0.25, 0.3) is 0 Å². The molecule has 4 rings (SSSR count). The number of halogens is 3. The maximum absolute atomic E-state index is 10.6. The van der Waals surface area contributed by atoms with Crippen LogP contribution in [0.25, 0.3) is 0 Å². The number of nitrogens with zero attached hydrogens (tertiary/aromatic N) is 5. The highest BCUT2D eigenvalue weighted by molar-refractivity contribution is 5.73. The van der Waals surface area contributed by atoms with Crippen LogP contribution in [0.3, 0.4) is 0 Å². The average Bonchev–Trinajstić information content (AvgIpc) is 3.34. The first-order chi connectivity index (χ1) is 12.8. The standard InChI is InChI=1S/C14H19N5O.C2HF3O2/c1-17-14-9-18(11-3-6-20-10-11)7-12(14)13(16-17)8-19-5-2-4-15-19;3-2(4,5)1(6)7/h2,4-5,11H,3,6-10H2,1H3;(H,6,7). The van der Waals surface area contributed by atoms with Gasteiger partial charge in [-0.3, -0.25) is 14.3 Å². The number of carboxylic acid groups (broad SMARTS) is 1. The summed E-state index contributed by atoms with van der Waals surface area (Å²) in [7, 11) is 2.04. The van der Waals surface area contributed by atoms with E-state index in [0.717, 1.165) is 45.0 Å². The fraction of sp³-hybridized carbons (Fsp3) is 0.562. The third-order valence-corrected chi connectivity index (χ3v) is 4.61. The van der Waals surface area contributed by atoms with E-state index in [0.29, 0.717) is 6.04 Å². The molecule has 0 spiro atoms. The Kier molecular flexibility index (Phi) is 5.51. The minimum absolute atomic E-state index is 0.569. The van der Waals surface area contributed by atoms with E-state index in [9.17, 15) is 13.2 Å². The molecule has 2 aromatic rings. The van der Waals surface area contributed by atoms with Crippen LogP contribution < -0.4 is 0 Å². The van der Waals surface area contributed by atoms with Crippen molar-refractivity contribution in [1.82, 2.24) is 24.5 Å². The molecule has 0 radical (unpaired) electrons. The molecule has 0 aromatic carbocycles. The van der Waals surface area contributed by atoms with Gasteiger partial charge in [-0.2, -0.15) is 23.4 Å². The SMILES string of the molecule is Cn1nc(Cn2cccn2)c2c1CN(C1CCOC1)C2.O=C(O)C(F)(F)F. The third kappa shape index (κ3) is 4.48. The molecule has 2 aliphatic rings. The number of aromatic nitrogens is 4. The van der Waals surface area contributed by atoms with Crippen molar-refractivity contribution in [3.63, 3.8) is 0 Å². The Hall–Kier alpha value is -2.40. The molecular weight excluding hydrogens is 367 g/mol. The maximum atomic E-state index is 10.6. The molecule has 0 aliphatic carbocycles. The van der Waals surface area contributed by atoms with Crippen LogP contribution in [0.1, 0.15) is 23.4 Å². The van der Waals surface area contributed by atoms with Gasteiger partial charge in [-0.15, -0.1) is 0 Å². The van der Waals surface area contributed by atoms with Crippen LogP contribution in [0, 0.1) is 0 Å². The van der Waals surface area contributed by atoms with Crippen molar-refractivity contribution in [1.29, 1.82) is 0 Å². The number of alkyl halides is 3. The van der Waals surface area contributed by atoms with Crippen molar-refractivity contribution in [2.24, 2.45) is 7.05 Å². The summed E-state index contributed by atoms with van der Waals surface area (Å²) in [5, 5.41) is 16.1. The maximum Gasteiger partial charge on any atom is 0.490 e. The van der Waals surface area contributed by atoms with Gasteiger partial charge >= 0.3 is 12.1 Å². The first-order valence-electron chi connectivity index (χ1n) is 8.38. The molecule has 8 nitrogen and oxygen atoms in total. The predicted molar refractivity (Wildman–Crippen MR) is 86.7 cm³/mol. The Balaban J connectivity index is 0.000000260. The number of ether oxygens (including phenoxy) is 1. The highest BCUT2D eigenvalue weighted by Gasteiger charge is 2.38. The molecule has 1 unspecified atom stereocenters. The summed E-state index contributed by atoms with van der Waals surface area (Å²) in [6, 6.07) is 2.52. The number of fused-ring (bicyclic) bond motifs is 1. The third-order valence-electron chi connectivity index (χ3n) is 4.61. The lowest BCUT2D eigenvalue weighted by atomic mass is 10.2. The lowest BCUT2D eigenvalue weighted by molar-refractivity contribution is -0.192. The predicted octanol–water partition coefficient (Wildman–Crippen LogP) is 1.40. The fourth-order valence-electron chi connectivity index (χ4n) is 3.24. The van der Waals surface area contributed by atoms with Crippen LogP contribution in [-0.2, 0) is 36.2 Å². The number of hydrogen-bond donors (Lipinski definition) is 1. The van der Waals surface area contributed by atoms with E-state index in [-0.39, 0.29) is 0 Å². The van der Waals surface area contributed by atoms with Gasteiger partial charge in [-0.1, -0.05) is 0 Å². The van der Waals surface area contributed by atoms with Crippen LogP contribution in [0.2, 0.25) is 0 Å². The largest absolute Gasteiger partial charge is 0.490 e. The van der Waals surface area contributed by atoms with Crippen molar-refractivity contribution in [3.05, 3.63) is 35.4 Å². The number of carboxylic acids is 1. The minimum atomic E-state index is -5.08. The summed E-state index contributed by atoms with van der Waals surface area (Å²) >= 11 is 0. The zero-order chi connectivity index (χ0) is 19.6. The van der Waals surface area contributed by atoms with E-state index in [2.05, 4.69) is 15.1 Å². The van der Waals surface area contributed by atoms with E-state index in [1.807, 2.05) is 34.9 Å². The fourth-order valence-corrected chi connectivity index (χ4v) is 3.24. The van der Waals surface area contributed by atoms with Gasteiger partial charge in [0.15, 0.2) is 0 Å². The smallest absolute Gasteiger partial charge is 0.475 e. The van der Waals surface area contributed by atoms with Gasteiger partial charge in [0.05, 0.1) is 24.5 Å². The van der Waals surface area contributed by atoms with E-state index in [1.54, 1.807) is 0 Å². The average molecular weight is 387 g/mol. The van der Waals surface area contributed by atoms with Crippen LogP contribution in [0.15, 0.2) is 18.5 Å². The zero-order valence-corrected chi connectivity index (χ0v) is 14.7. The van der Waals surface area contributed by atoms with Crippen LogP contribution in [-0.4, -0.2) is 61.0 Å². The van der Waals surface area contributed by atoms with Crippen molar-refractivity contribution < 1.29 is 27.8 Å². The molecule has 11 heteroatoms. The Labute approximate surface area is 153 Å². The Morgan fingerprint density at radius 3 is 2.70 bits per heavy atom. The van der Waals surface area contributed by atoms with E-state index >= 15 is 0 Å². The number of aliphatic carboxylic acids is 1. The van der Waals surface area contributed by atoms with Gasteiger partial charge in [0.1, 0.15) is 0 Å². The summed E-state index contributed by atoms with van der Waals surface area (Å²) in [5.74, 6) is -2.76. The monoisotopic (exact) mass is 387 g/mol. The second-order valence-electron chi connectivity index (χ2n) is 6.42. The number of carbonyl (C=O) groups is 1. The van der Waals surface area contributed by atoms with Crippen LogP contribution in [0.5, 0.6) is 0 Å². The molecule has 4 heterocycles. The summed E-state index contributed by atoms with van der Waals surface area (Å²) in [6.45, 7) is 4.51. The molecule has 27 heavy (non-hydrogen) atoms. The normalized spacial score (nSPS) is 19.6. The van der Waals surface area contributed by atoms with Gasteiger partial charge < -0.3 is 9.84 Å². The molecule has 2 aromatic heterocycles. The highest BCUT2D eigenvalue weighted by Crippen LogP contribution is 2.29.